The average molecular weight is 572 g/mol. The molecule has 1 amide bonds. The molecule has 2 aromatic heterocycles. The smallest absolute Gasteiger partial charge is 0.329 e. The molecule has 0 unspecified atom stereocenters. The molecule has 0 fully saturated rings. The van der Waals surface area contributed by atoms with Crippen molar-refractivity contribution < 1.29 is 14.0 Å². The maximum atomic E-state index is 12.3. The van der Waals surface area contributed by atoms with Gasteiger partial charge in [0.25, 0.3) is 5.91 Å². The van der Waals surface area contributed by atoms with E-state index in [1.165, 1.54) is 19.1 Å². The second kappa shape index (κ2) is 11.1. The summed E-state index contributed by atoms with van der Waals surface area (Å²) in [5, 5.41) is 20.1. The number of carbonyl (C=O) groups is 2. The van der Waals surface area contributed by atoms with Crippen LogP contribution >= 0.6 is 0 Å². The van der Waals surface area contributed by atoms with E-state index in [2.05, 4.69) is 67.6 Å². The molecule has 0 saturated carbocycles. The van der Waals surface area contributed by atoms with Crippen LogP contribution in [0.15, 0.2) is 30.6 Å². The molecule has 0 aliphatic carbocycles. The minimum Gasteiger partial charge on any atom is -0.416 e. The lowest BCUT2D eigenvalue weighted by molar-refractivity contribution is 0.0958. The number of nitriles is 1. The molecule has 1 atom stereocenters. The Morgan fingerprint density at radius 1 is 1.34 bits per heavy atom. The SMILES string of the molecule is CNC(=O)c1nn(C)cc1Nc1nccc(-c2cc(C#N)c3c(c2)[C@@](C)(CO[Si](C)(C)C(C)(C)C)CN3[B]C=O)n1. The van der Waals surface area contributed by atoms with Gasteiger partial charge >= 0.3 is 7.41 Å². The van der Waals surface area contributed by atoms with Crippen molar-refractivity contribution in [1.29, 1.82) is 5.26 Å². The highest BCUT2D eigenvalue weighted by molar-refractivity contribution is 6.74. The molecule has 1 aliphatic rings. The van der Waals surface area contributed by atoms with E-state index < -0.39 is 13.7 Å². The fourth-order valence-electron chi connectivity index (χ4n) is 4.62. The standard InChI is InChI=1S/C28H36BN8O3Si/c1-27(2,3)41(7,8)40-16-28(4)15-37(29-17-38)24-19(13-30)11-18(12-20(24)28)21-9-10-32-26(33-21)34-22-14-36(6)35-23(22)25(39)31-5/h9-12,14,17H,15-16H2,1-8H3,(H,31,39)(H,32,33,34)/t28-/m1/s1. The van der Waals surface area contributed by atoms with Gasteiger partial charge in [-0.25, -0.2) is 9.97 Å². The second-order valence-corrected chi connectivity index (χ2v) is 16.9. The Labute approximate surface area is 242 Å². The minimum atomic E-state index is -2.07. The normalized spacial score (nSPS) is 16.6. The number of hydrogen-bond acceptors (Lipinski definition) is 9. The monoisotopic (exact) mass is 571 g/mol. The van der Waals surface area contributed by atoms with E-state index in [1.807, 2.05) is 10.9 Å². The molecule has 1 radical (unpaired) electrons. The van der Waals surface area contributed by atoms with E-state index in [0.29, 0.717) is 35.8 Å². The van der Waals surface area contributed by atoms with Gasteiger partial charge in [-0.3, -0.25) is 9.48 Å². The number of aryl methyl sites for hydroxylation is 1. The Balaban J connectivity index is 1.75. The molecular weight excluding hydrogens is 535 g/mol. The molecule has 0 bridgehead atoms. The summed E-state index contributed by atoms with van der Waals surface area (Å²) in [5.41, 5.74) is 3.61. The third-order valence-corrected chi connectivity index (χ3v) is 12.4. The lowest BCUT2D eigenvalue weighted by Gasteiger charge is -2.39. The zero-order chi connectivity index (χ0) is 30.2. The molecule has 2 N–H and O–H groups in total. The molecule has 1 aromatic carbocycles. The van der Waals surface area contributed by atoms with Gasteiger partial charge in [0.1, 0.15) is 12.3 Å². The van der Waals surface area contributed by atoms with Crippen molar-refractivity contribution in [3.8, 4) is 17.3 Å². The van der Waals surface area contributed by atoms with Gasteiger partial charge in [-0.2, -0.15) is 10.4 Å². The second-order valence-electron chi connectivity index (χ2n) is 12.1. The highest BCUT2D eigenvalue weighted by Crippen LogP contribution is 2.46. The molecule has 41 heavy (non-hydrogen) atoms. The van der Waals surface area contributed by atoms with Gasteiger partial charge in [-0.15, -0.1) is 0 Å². The summed E-state index contributed by atoms with van der Waals surface area (Å²) in [6, 6.07) is 7.89. The lowest BCUT2D eigenvalue weighted by atomic mass is 9.83. The summed E-state index contributed by atoms with van der Waals surface area (Å²) >= 11 is 0. The highest BCUT2D eigenvalue weighted by atomic mass is 28.4. The molecule has 13 heteroatoms. The molecule has 3 aromatic rings. The molecular formula is C28H36BN8O3Si. The van der Waals surface area contributed by atoms with Crippen molar-refractivity contribution in [2.75, 3.05) is 30.3 Å². The topological polar surface area (TPSA) is 138 Å². The quantitative estimate of drug-likeness (QED) is 0.290. The molecule has 4 rings (SSSR count). The van der Waals surface area contributed by atoms with E-state index in [9.17, 15) is 14.9 Å². The van der Waals surface area contributed by atoms with E-state index in [-0.39, 0.29) is 22.6 Å². The van der Waals surface area contributed by atoms with Crippen LogP contribution in [0.2, 0.25) is 18.1 Å². The Morgan fingerprint density at radius 3 is 2.71 bits per heavy atom. The van der Waals surface area contributed by atoms with Crippen molar-refractivity contribution >= 4 is 45.1 Å². The van der Waals surface area contributed by atoms with Gasteiger partial charge in [0.05, 0.1) is 16.9 Å². The molecule has 0 saturated heterocycles. The maximum Gasteiger partial charge on any atom is 0.329 e. The number of fused-ring (bicyclic) bond motifs is 1. The number of carbonyl (C=O) groups excluding carboxylic acids is 2. The number of amides is 1. The van der Waals surface area contributed by atoms with Gasteiger partial charge in [-0.05, 0) is 41.9 Å². The van der Waals surface area contributed by atoms with Crippen molar-refractivity contribution in [3.05, 3.63) is 47.4 Å². The first-order chi connectivity index (χ1) is 19.2. The lowest BCUT2D eigenvalue weighted by Crippen LogP contribution is -2.46. The number of rotatable bonds is 9. The van der Waals surface area contributed by atoms with Gasteiger partial charge in [0.2, 0.25) is 5.95 Å². The van der Waals surface area contributed by atoms with Crippen molar-refractivity contribution in [2.24, 2.45) is 7.05 Å². The third kappa shape index (κ3) is 5.89. The van der Waals surface area contributed by atoms with E-state index in [1.54, 1.807) is 31.6 Å². The number of anilines is 3. The number of benzene rings is 1. The summed E-state index contributed by atoms with van der Waals surface area (Å²) in [4.78, 5) is 34.7. The average Bonchev–Trinajstić information content (AvgIpc) is 3.43. The van der Waals surface area contributed by atoms with E-state index in [0.717, 1.165) is 17.3 Å². The Hall–Kier alpha value is -4.02. The maximum absolute atomic E-state index is 12.3. The zero-order valence-corrected chi connectivity index (χ0v) is 25.9. The summed E-state index contributed by atoms with van der Waals surface area (Å²) < 4.78 is 8.19. The molecule has 11 nitrogen and oxygen atoms in total. The summed E-state index contributed by atoms with van der Waals surface area (Å²) in [6.45, 7) is 14.1. The zero-order valence-electron chi connectivity index (χ0n) is 24.9. The van der Waals surface area contributed by atoms with Crippen molar-refractivity contribution in [3.63, 3.8) is 0 Å². The molecule has 1 aliphatic heterocycles. The fourth-order valence-corrected chi connectivity index (χ4v) is 5.74. The summed E-state index contributed by atoms with van der Waals surface area (Å²) in [6.07, 6.45) is 4.04. The molecule has 0 spiro atoms. The Kier molecular flexibility index (Phi) is 8.11. The predicted octanol–water partition coefficient (Wildman–Crippen LogP) is 3.76. The van der Waals surface area contributed by atoms with Gasteiger partial charge in [0.15, 0.2) is 14.0 Å². The Morgan fingerprint density at radius 2 is 2.07 bits per heavy atom. The molecule has 3 heterocycles. The van der Waals surface area contributed by atoms with Crippen molar-refractivity contribution in [1.82, 2.24) is 25.1 Å². The third-order valence-electron chi connectivity index (χ3n) is 7.95. The van der Waals surface area contributed by atoms with Crippen molar-refractivity contribution in [2.45, 2.75) is 51.2 Å². The van der Waals surface area contributed by atoms with Crippen LogP contribution in [-0.2, 0) is 21.7 Å². The van der Waals surface area contributed by atoms with E-state index in [4.69, 9.17) is 9.41 Å². The van der Waals surface area contributed by atoms with Gasteiger partial charge in [0, 0.05) is 56.3 Å². The van der Waals surface area contributed by atoms with Crippen LogP contribution in [0.4, 0.5) is 17.3 Å². The first-order valence-electron chi connectivity index (χ1n) is 13.4. The number of nitrogens with one attached hydrogen (secondary N) is 2. The van der Waals surface area contributed by atoms with Crippen LogP contribution in [0.5, 0.6) is 0 Å². The van der Waals surface area contributed by atoms with Crippen LogP contribution in [0.25, 0.3) is 11.3 Å². The predicted molar refractivity (Wildman–Crippen MR) is 162 cm³/mol. The minimum absolute atomic E-state index is 0.0371. The first-order valence-corrected chi connectivity index (χ1v) is 16.3. The van der Waals surface area contributed by atoms with Crippen LogP contribution in [0.1, 0.15) is 49.3 Å². The number of nitrogens with zero attached hydrogens (tertiary/aromatic N) is 6. The molecule has 213 valence electrons. The fraction of sp³-hybridized carbons (Fsp3) is 0.429. The van der Waals surface area contributed by atoms with Gasteiger partial charge in [-0.1, -0.05) is 27.7 Å². The van der Waals surface area contributed by atoms with Crippen LogP contribution in [0.3, 0.4) is 0 Å². The van der Waals surface area contributed by atoms with E-state index >= 15 is 0 Å². The Bertz CT molecular complexity index is 1530. The first kappa shape index (κ1) is 30.0. The highest BCUT2D eigenvalue weighted by Gasteiger charge is 2.44. The number of hydrogen-bond donors (Lipinski definition) is 2. The van der Waals surface area contributed by atoms with Crippen LogP contribution < -0.4 is 15.4 Å². The van der Waals surface area contributed by atoms with Gasteiger partial charge < -0.3 is 24.7 Å². The summed E-state index contributed by atoms with van der Waals surface area (Å²) in [5.74, 6) is -0.0583. The largest absolute Gasteiger partial charge is 0.416 e. The van der Waals surface area contributed by atoms with Crippen LogP contribution in [0, 0.1) is 11.3 Å². The summed E-state index contributed by atoms with van der Waals surface area (Å²) in [7, 11) is 2.67. The number of aromatic nitrogens is 4. The van der Waals surface area contributed by atoms with Crippen LogP contribution in [-0.4, -0.2) is 67.8 Å².